The Hall–Kier alpha value is -3.50. The predicted molar refractivity (Wildman–Crippen MR) is 124 cm³/mol. The van der Waals surface area contributed by atoms with Crippen molar-refractivity contribution >= 4 is 5.91 Å². The molecule has 2 N–H and O–H groups in total. The minimum Gasteiger partial charge on any atom is -0.351 e. The zero-order valence-corrected chi connectivity index (χ0v) is 18.7. The minimum atomic E-state index is -0.0171. The van der Waals surface area contributed by atoms with Gasteiger partial charge >= 0.3 is 0 Å². The second-order valence-corrected chi connectivity index (χ2v) is 8.01. The van der Waals surface area contributed by atoms with Gasteiger partial charge in [0, 0.05) is 43.8 Å². The normalized spacial score (nSPS) is 12.7. The lowest BCUT2D eigenvalue weighted by molar-refractivity contribution is -0.121. The van der Waals surface area contributed by atoms with Crippen LogP contribution in [0.3, 0.4) is 0 Å². The fourth-order valence-electron chi connectivity index (χ4n) is 3.48. The van der Waals surface area contributed by atoms with E-state index in [9.17, 15) is 4.79 Å². The third-order valence-electron chi connectivity index (χ3n) is 5.65. The molecular weight excluding hydrogens is 400 g/mol. The van der Waals surface area contributed by atoms with E-state index in [4.69, 9.17) is 5.26 Å². The van der Waals surface area contributed by atoms with Crippen LogP contribution in [0.1, 0.15) is 42.8 Å². The number of nitrogens with one attached hydrogen (secondary N) is 2. The molecule has 1 amide bonds. The highest BCUT2D eigenvalue weighted by Crippen LogP contribution is 2.11. The van der Waals surface area contributed by atoms with Crippen LogP contribution in [-0.4, -0.2) is 33.0 Å². The molecule has 32 heavy (non-hydrogen) atoms. The van der Waals surface area contributed by atoms with Crippen molar-refractivity contribution in [2.24, 2.45) is 5.92 Å². The van der Waals surface area contributed by atoms with Gasteiger partial charge in [-0.3, -0.25) is 9.78 Å². The predicted octanol–water partition coefficient (Wildman–Crippen LogP) is 3.06. The maximum Gasteiger partial charge on any atom is 0.226 e. The van der Waals surface area contributed by atoms with E-state index in [1.54, 1.807) is 30.9 Å². The molecule has 3 aromatic rings. The van der Waals surface area contributed by atoms with Gasteiger partial charge < -0.3 is 15.2 Å². The van der Waals surface area contributed by atoms with Crippen molar-refractivity contribution in [1.82, 2.24) is 25.2 Å². The minimum absolute atomic E-state index is 0.0171. The molecule has 0 radical (unpaired) electrons. The Labute approximate surface area is 189 Å². The van der Waals surface area contributed by atoms with Gasteiger partial charge in [-0.05, 0) is 35.7 Å². The van der Waals surface area contributed by atoms with Crippen LogP contribution in [0.15, 0.2) is 61.2 Å². The maximum atomic E-state index is 12.8. The molecule has 166 valence electrons. The molecule has 7 heteroatoms. The SMILES string of the molecule is CC[C@H](C)[C@@H](CNCc1ccccn1)NC(=O)Cc1cncn1Cc1ccc(C#N)cc1. The Morgan fingerprint density at radius 2 is 2.03 bits per heavy atom. The van der Waals surface area contributed by atoms with E-state index < -0.39 is 0 Å². The van der Waals surface area contributed by atoms with Gasteiger partial charge in [0.2, 0.25) is 5.91 Å². The topological polar surface area (TPSA) is 95.6 Å². The molecule has 0 spiro atoms. The highest BCUT2D eigenvalue weighted by molar-refractivity contribution is 5.78. The van der Waals surface area contributed by atoms with Crippen LogP contribution in [0.2, 0.25) is 0 Å². The van der Waals surface area contributed by atoms with Crippen molar-refractivity contribution in [3.05, 3.63) is 83.7 Å². The van der Waals surface area contributed by atoms with Crippen LogP contribution >= 0.6 is 0 Å². The van der Waals surface area contributed by atoms with Crippen molar-refractivity contribution in [1.29, 1.82) is 5.26 Å². The van der Waals surface area contributed by atoms with Gasteiger partial charge in [0.25, 0.3) is 0 Å². The second kappa shape index (κ2) is 11.8. The number of nitriles is 1. The van der Waals surface area contributed by atoms with Gasteiger partial charge in [0.1, 0.15) is 0 Å². The van der Waals surface area contributed by atoms with Crippen molar-refractivity contribution < 1.29 is 4.79 Å². The number of rotatable bonds is 11. The smallest absolute Gasteiger partial charge is 0.226 e. The summed E-state index contributed by atoms with van der Waals surface area (Å²) in [4.78, 5) is 21.4. The lowest BCUT2D eigenvalue weighted by Crippen LogP contribution is -2.46. The van der Waals surface area contributed by atoms with Crippen molar-refractivity contribution in [2.45, 2.75) is 45.8 Å². The molecule has 0 aliphatic rings. The van der Waals surface area contributed by atoms with Gasteiger partial charge in [-0.25, -0.2) is 4.98 Å². The second-order valence-electron chi connectivity index (χ2n) is 8.01. The number of aromatic nitrogens is 3. The van der Waals surface area contributed by atoms with Crippen LogP contribution in [-0.2, 0) is 24.3 Å². The average molecular weight is 431 g/mol. The van der Waals surface area contributed by atoms with Crippen molar-refractivity contribution in [3.63, 3.8) is 0 Å². The van der Waals surface area contributed by atoms with E-state index in [1.807, 2.05) is 34.9 Å². The Balaban J connectivity index is 1.56. The molecule has 3 rings (SSSR count). The summed E-state index contributed by atoms with van der Waals surface area (Å²) >= 11 is 0. The number of nitrogens with zero attached hydrogens (tertiary/aromatic N) is 4. The van der Waals surface area contributed by atoms with E-state index in [1.165, 1.54) is 0 Å². The molecule has 0 saturated carbocycles. The van der Waals surface area contributed by atoms with Crippen LogP contribution in [0.4, 0.5) is 0 Å². The van der Waals surface area contributed by atoms with Gasteiger partial charge in [-0.2, -0.15) is 5.26 Å². The average Bonchev–Trinajstić information content (AvgIpc) is 3.25. The molecule has 1 aromatic carbocycles. The molecule has 2 aromatic heterocycles. The first kappa shape index (κ1) is 23.2. The number of carbonyl (C=O) groups is 1. The first-order valence-corrected chi connectivity index (χ1v) is 11.0. The first-order valence-electron chi connectivity index (χ1n) is 11.0. The number of pyridine rings is 1. The molecule has 2 atom stereocenters. The van der Waals surface area contributed by atoms with E-state index in [0.717, 1.165) is 23.4 Å². The number of imidazole rings is 1. The molecular formula is C25H30N6O. The molecule has 0 unspecified atom stereocenters. The van der Waals surface area contributed by atoms with E-state index in [0.29, 0.717) is 31.1 Å². The number of amides is 1. The Bertz CT molecular complexity index is 1020. The zero-order valence-electron chi connectivity index (χ0n) is 18.7. The van der Waals surface area contributed by atoms with E-state index in [2.05, 4.69) is 40.5 Å². The largest absolute Gasteiger partial charge is 0.351 e. The molecule has 2 heterocycles. The van der Waals surface area contributed by atoms with Crippen LogP contribution < -0.4 is 10.6 Å². The number of hydrogen-bond acceptors (Lipinski definition) is 5. The lowest BCUT2D eigenvalue weighted by Gasteiger charge is -2.25. The van der Waals surface area contributed by atoms with E-state index in [-0.39, 0.29) is 18.4 Å². The molecule has 0 aliphatic carbocycles. The summed E-state index contributed by atoms with van der Waals surface area (Å²) in [6.45, 7) is 6.25. The molecule has 0 aliphatic heterocycles. The fourth-order valence-corrected chi connectivity index (χ4v) is 3.48. The Morgan fingerprint density at radius 1 is 1.22 bits per heavy atom. The molecule has 0 bridgehead atoms. The van der Waals surface area contributed by atoms with Crippen LogP contribution in [0.25, 0.3) is 0 Å². The Kier molecular flexibility index (Phi) is 8.52. The quantitative estimate of drug-likeness (QED) is 0.487. The molecule has 0 saturated heterocycles. The van der Waals surface area contributed by atoms with Crippen LogP contribution in [0, 0.1) is 17.2 Å². The lowest BCUT2D eigenvalue weighted by atomic mass is 9.98. The number of benzene rings is 1. The zero-order chi connectivity index (χ0) is 22.8. The van der Waals surface area contributed by atoms with Crippen LogP contribution in [0.5, 0.6) is 0 Å². The Morgan fingerprint density at radius 3 is 2.72 bits per heavy atom. The third kappa shape index (κ3) is 6.76. The summed E-state index contributed by atoms with van der Waals surface area (Å²) in [7, 11) is 0. The summed E-state index contributed by atoms with van der Waals surface area (Å²) in [6, 6.07) is 15.5. The maximum absolute atomic E-state index is 12.8. The van der Waals surface area contributed by atoms with Gasteiger partial charge in [-0.15, -0.1) is 0 Å². The van der Waals surface area contributed by atoms with E-state index >= 15 is 0 Å². The monoisotopic (exact) mass is 430 g/mol. The first-order chi connectivity index (χ1) is 15.6. The fraction of sp³-hybridized carbons (Fsp3) is 0.360. The summed E-state index contributed by atoms with van der Waals surface area (Å²) in [5.41, 5.74) is 3.52. The molecule has 7 nitrogen and oxygen atoms in total. The number of carbonyl (C=O) groups excluding carboxylic acids is 1. The van der Waals surface area contributed by atoms with Gasteiger partial charge in [0.05, 0.1) is 30.1 Å². The van der Waals surface area contributed by atoms with Crippen molar-refractivity contribution in [2.75, 3.05) is 6.54 Å². The summed E-state index contributed by atoms with van der Waals surface area (Å²) < 4.78 is 1.97. The number of hydrogen-bond donors (Lipinski definition) is 2. The summed E-state index contributed by atoms with van der Waals surface area (Å²) in [5.74, 6) is 0.329. The summed E-state index contributed by atoms with van der Waals surface area (Å²) in [5, 5.41) is 15.6. The highest BCUT2D eigenvalue weighted by Gasteiger charge is 2.19. The molecule has 0 fully saturated rings. The van der Waals surface area contributed by atoms with Gasteiger partial charge in [-0.1, -0.05) is 38.5 Å². The summed E-state index contributed by atoms with van der Waals surface area (Å²) in [6.07, 6.45) is 6.50. The van der Waals surface area contributed by atoms with Gasteiger partial charge in [0.15, 0.2) is 0 Å². The van der Waals surface area contributed by atoms with Crippen molar-refractivity contribution in [3.8, 4) is 6.07 Å². The standard InChI is InChI=1S/C25H30N6O/c1-3-19(2)24(16-27-14-22-6-4-5-11-29-22)30-25(32)12-23-15-28-18-31(23)17-21-9-7-20(13-26)8-10-21/h4-11,15,18-19,24,27H,3,12,14,16-17H2,1-2H3,(H,30,32)/t19-,24+/m0/s1. The third-order valence-corrected chi connectivity index (χ3v) is 5.65. The highest BCUT2D eigenvalue weighted by atomic mass is 16.1.